The molecule has 2 N–H and O–H groups in total. The van der Waals surface area contributed by atoms with E-state index >= 15 is 0 Å². The minimum Gasteiger partial charge on any atom is -0.380 e. The van der Waals surface area contributed by atoms with E-state index in [0.717, 1.165) is 26.2 Å². The van der Waals surface area contributed by atoms with Gasteiger partial charge in [0.05, 0.1) is 3.79 Å². The van der Waals surface area contributed by atoms with Crippen molar-refractivity contribution >= 4 is 60.5 Å². The molecule has 0 aliphatic heterocycles. The minimum atomic E-state index is 0.0268. The number of carbonyl (C=O) groups is 1. The molecule has 0 bridgehead atoms. The van der Waals surface area contributed by atoms with E-state index in [-0.39, 0.29) is 5.91 Å². The highest BCUT2D eigenvalue weighted by Crippen LogP contribution is 2.32. The van der Waals surface area contributed by atoms with Crippen LogP contribution in [0.3, 0.4) is 0 Å². The number of thiophene rings is 1. The molecule has 2 aromatic rings. The second-order valence-corrected chi connectivity index (χ2v) is 7.48. The molecule has 0 fully saturated rings. The van der Waals surface area contributed by atoms with Crippen molar-refractivity contribution in [2.24, 2.45) is 0 Å². The molecule has 0 aliphatic rings. The lowest BCUT2D eigenvalue weighted by molar-refractivity contribution is -0.115. The number of carbonyl (C=O) groups excluding carboxylic acids is 1. The van der Waals surface area contributed by atoms with Crippen LogP contribution in [0.1, 0.15) is 18.2 Å². The van der Waals surface area contributed by atoms with E-state index < -0.39 is 0 Å². The van der Waals surface area contributed by atoms with Gasteiger partial charge in [0.2, 0.25) is 5.91 Å². The zero-order chi connectivity index (χ0) is 14.5. The van der Waals surface area contributed by atoms with Gasteiger partial charge in [0.15, 0.2) is 0 Å². The first-order valence-electron chi connectivity index (χ1n) is 6.16. The van der Waals surface area contributed by atoms with Gasteiger partial charge in [-0.3, -0.25) is 4.79 Å². The summed E-state index contributed by atoms with van der Waals surface area (Å²) in [6.45, 7) is 2.61. The van der Waals surface area contributed by atoms with Crippen molar-refractivity contribution in [2.45, 2.75) is 19.9 Å². The Morgan fingerprint density at radius 1 is 1.20 bits per heavy atom. The van der Waals surface area contributed by atoms with Gasteiger partial charge < -0.3 is 10.6 Å². The topological polar surface area (TPSA) is 41.1 Å². The second-order valence-electron chi connectivity index (χ2n) is 4.17. The van der Waals surface area contributed by atoms with Gasteiger partial charge >= 0.3 is 0 Å². The Morgan fingerprint density at radius 2 is 1.85 bits per heavy atom. The second kappa shape index (κ2) is 7.24. The van der Waals surface area contributed by atoms with Crippen molar-refractivity contribution in [3.05, 3.63) is 43.5 Å². The lowest BCUT2D eigenvalue weighted by Gasteiger charge is -2.07. The summed E-state index contributed by atoms with van der Waals surface area (Å²) < 4.78 is 2.18. The van der Waals surface area contributed by atoms with E-state index in [9.17, 15) is 4.79 Å². The van der Waals surface area contributed by atoms with Crippen LogP contribution in [-0.2, 0) is 11.3 Å². The van der Waals surface area contributed by atoms with Gasteiger partial charge in [-0.05, 0) is 62.2 Å². The summed E-state index contributed by atoms with van der Waals surface area (Å²) in [7, 11) is 0. The van der Waals surface area contributed by atoms with E-state index in [1.54, 1.807) is 11.3 Å². The fourth-order valence-corrected chi connectivity index (χ4v) is 3.71. The van der Waals surface area contributed by atoms with E-state index in [2.05, 4.69) is 48.6 Å². The fourth-order valence-electron chi connectivity index (χ4n) is 1.59. The van der Waals surface area contributed by atoms with Gasteiger partial charge in [0, 0.05) is 33.7 Å². The summed E-state index contributed by atoms with van der Waals surface area (Å²) in [5, 5.41) is 6.18. The summed E-state index contributed by atoms with van der Waals surface area (Å²) in [6.07, 6.45) is 0.488. The van der Waals surface area contributed by atoms with Crippen molar-refractivity contribution in [2.75, 3.05) is 10.6 Å². The molecule has 1 amide bonds. The first-order chi connectivity index (χ1) is 9.58. The maximum absolute atomic E-state index is 11.3. The van der Waals surface area contributed by atoms with Gasteiger partial charge in [0.25, 0.3) is 0 Å². The van der Waals surface area contributed by atoms with E-state index in [4.69, 9.17) is 0 Å². The summed E-state index contributed by atoms with van der Waals surface area (Å²) in [6, 6.07) is 9.82. The SMILES string of the molecule is CCC(=O)Nc1ccc(NCc2cc(Br)c(Br)s2)cc1. The van der Waals surface area contributed by atoms with Crippen LogP contribution in [0.5, 0.6) is 0 Å². The molecule has 0 saturated carbocycles. The van der Waals surface area contributed by atoms with Crippen molar-refractivity contribution in [3.8, 4) is 0 Å². The van der Waals surface area contributed by atoms with Gasteiger partial charge in [-0.1, -0.05) is 6.92 Å². The third-order valence-corrected chi connectivity index (χ3v) is 5.91. The van der Waals surface area contributed by atoms with Crippen LogP contribution >= 0.6 is 43.2 Å². The molecule has 106 valence electrons. The van der Waals surface area contributed by atoms with Crippen LogP contribution in [0, 0.1) is 0 Å². The quantitative estimate of drug-likeness (QED) is 0.698. The number of hydrogen-bond acceptors (Lipinski definition) is 3. The monoisotopic (exact) mass is 416 g/mol. The number of anilines is 2. The minimum absolute atomic E-state index is 0.0268. The van der Waals surface area contributed by atoms with Crippen LogP contribution < -0.4 is 10.6 Å². The highest BCUT2D eigenvalue weighted by Gasteiger charge is 2.04. The predicted molar refractivity (Wildman–Crippen MR) is 92.4 cm³/mol. The first kappa shape index (κ1) is 15.5. The van der Waals surface area contributed by atoms with Crippen LogP contribution in [-0.4, -0.2) is 5.91 Å². The highest BCUT2D eigenvalue weighted by molar-refractivity contribution is 9.13. The molecule has 6 heteroatoms. The normalized spacial score (nSPS) is 10.3. The molecular formula is C14H14Br2N2OS. The average molecular weight is 418 g/mol. The molecule has 1 aromatic heterocycles. The standard InChI is InChI=1S/C14H14Br2N2OS/c1-2-13(19)18-10-5-3-9(4-6-10)17-8-11-7-12(15)14(16)20-11/h3-7,17H,2,8H2,1H3,(H,18,19). The number of rotatable bonds is 5. The molecule has 0 atom stereocenters. The van der Waals surface area contributed by atoms with Crippen molar-refractivity contribution < 1.29 is 4.79 Å². The molecule has 1 heterocycles. The maximum Gasteiger partial charge on any atom is 0.224 e. The molecule has 0 unspecified atom stereocenters. The summed E-state index contributed by atoms with van der Waals surface area (Å²) in [4.78, 5) is 12.5. The lowest BCUT2D eigenvalue weighted by Crippen LogP contribution is -2.09. The summed E-state index contributed by atoms with van der Waals surface area (Å²) in [5.41, 5.74) is 1.85. The average Bonchev–Trinajstić information content (AvgIpc) is 2.77. The molecule has 1 aromatic carbocycles. The fraction of sp³-hybridized carbons (Fsp3) is 0.214. The summed E-state index contributed by atoms with van der Waals surface area (Å²) >= 11 is 8.66. The molecule has 0 saturated heterocycles. The van der Waals surface area contributed by atoms with E-state index in [0.29, 0.717) is 6.42 Å². The lowest BCUT2D eigenvalue weighted by atomic mass is 10.2. The van der Waals surface area contributed by atoms with Crippen molar-refractivity contribution in [1.82, 2.24) is 0 Å². The number of halogens is 2. The number of benzene rings is 1. The molecular weight excluding hydrogens is 404 g/mol. The summed E-state index contributed by atoms with van der Waals surface area (Å²) in [5.74, 6) is 0.0268. The number of hydrogen-bond donors (Lipinski definition) is 2. The highest BCUT2D eigenvalue weighted by atomic mass is 79.9. The molecule has 3 nitrogen and oxygen atoms in total. The third-order valence-electron chi connectivity index (χ3n) is 2.65. The van der Waals surface area contributed by atoms with Gasteiger partial charge in [-0.25, -0.2) is 0 Å². The Kier molecular flexibility index (Phi) is 5.63. The Hall–Kier alpha value is -0.850. The van der Waals surface area contributed by atoms with Crippen LogP contribution in [0.25, 0.3) is 0 Å². The molecule has 0 spiro atoms. The van der Waals surface area contributed by atoms with Crippen LogP contribution in [0.2, 0.25) is 0 Å². The molecule has 2 rings (SSSR count). The molecule has 0 radical (unpaired) electrons. The van der Waals surface area contributed by atoms with Crippen LogP contribution in [0.4, 0.5) is 11.4 Å². The van der Waals surface area contributed by atoms with Crippen molar-refractivity contribution in [1.29, 1.82) is 0 Å². The van der Waals surface area contributed by atoms with Crippen LogP contribution in [0.15, 0.2) is 38.6 Å². The number of nitrogens with one attached hydrogen (secondary N) is 2. The smallest absolute Gasteiger partial charge is 0.224 e. The zero-order valence-electron chi connectivity index (χ0n) is 10.9. The third kappa shape index (κ3) is 4.33. The van der Waals surface area contributed by atoms with Gasteiger partial charge in [-0.15, -0.1) is 11.3 Å². The maximum atomic E-state index is 11.3. The first-order valence-corrected chi connectivity index (χ1v) is 8.56. The Labute approximate surface area is 139 Å². The Balaban J connectivity index is 1.92. The molecule has 0 aliphatic carbocycles. The van der Waals surface area contributed by atoms with Gasteiger partial charge in [-0.2, -0.15) is 0 Å². The predicted octanol–water partition coefficient (Wildman–Crippen LogP) is 5.23. The largest absolute Gasteiger partial charge is 0.380 e. The Bertz CT molecular complexity index is 576. The Morgan fingerprint density at radius 3 is 2.40 bits per heavy atom. The number of amides is 1. The van der Waals surface area contributed by atoms with Gasteiger partial charge in [0.1, 0.15) is 0 Å². The zero-order valence-corrected chi connectivity index (χ0v) is 14.9. The molecule has 20 heavy (non-hydrogen) atoms. The van der Waals surface area contributed by atoms with E-state index in [1.165, 1.54) is 4.88 Å². The van der Waals surface area contributed by atoms with E-state index in [1.807, 2.05) is 31.2 Å². The van der Waals surface area contributed by atoms with Crippen molar-refractivity contribution in [3.63, 3.8) is 0 Å².